The standard InChI is InChI=1S/C18H25N3O4S/c1-13(19-16(22)15-5-3-11-26-15)17(23)21-6-2-4-14(12-21)18(24)20-7-9-25-10-8-20/h3,5,11,13-14H,2,4,6-10,12H2,1H3,(H,19,22)/t13-,14+/m0/s1. The molecule has 0 spiro atoms. The van der Waals surface area contributed by atoms with Crippen LogP contribution in [-0.4, -0.2) is 73.0 Å². The highest BCUT2D eigenvalue weighted by atomic mass is 32.1. The van der Waals surface area contributed by atoms with Gasteiger partial charge in [-0.1, -0.05) is 6.07 Å². The molecule has 142 valence electrons. The van der Waals surface area contributed by atoms with Crippen molar-refractivity contribution >= 4 is 29.1 Å². The Morgan fingerprint density at radius 2 is 2.00 bits per heavy atom. The summed E-state index contributed by atoms with van der Waals surface area (Å²) in [6.07, 6.45) is 1.61. The van der Waals surface area contributed by atoms with E-state index in [1.165, 1.54) is 11.3 Å². The van der Waals surface area contributed by atoms with Gasteiger partial charge in [-0.15, -0.1) is 11.3 Å². The lowest BCUT2D eigenvalue weighted by Gasteiger charge is -2.37. The van der Waals surface area contributed by atoms with Crippen molar-refractivity contribution in [3.05, 3.63) is 22.4 Å². The molecule has 1 aromatic heterocycles. The van der Waals surface area contributed by atoms with Crippen molar-refractivity contribution in [2.45, 2.75) is 25.8 Å². The second-order valence-corrected chi connectivity index (χ2v) is 7.68. The number of nitrogens with one attached hydrogen (secondary N) is 1. The first-order valence-corrected chi connectivity index (χ1v) is 9.94. The van der Waals surface area contributed by atoms with Gasteiger partial charge < -0.3 is 19.9 Å². The number of thiophene rings is 1. The molecule has 0 saturated carbocycles. The van der Waals surface area contributed by atoms with Crippen molar-refractivity contribution in [1.29, 1.82) is 0 Å². The lowest BCUT2D eigenvalue weighted by molar-refractivity contribution is -0.144. The monoisotopic (exact) mass is 379 g/mol. The Labute approximate surface area is 157 Å². The molecule has 3 rings (SSSR count). The van der Waals surface area contributed by atoms with Gasteiger partial charge in [-0.05, 0) is 31.2 Å². The molecule has 1 aromatic rings. The Kier molecular flexibility index (Phi) is 6.26. The summed E-state index contributed by atoms with van der Waals surface area (Å²) in [7, 11) is 0. The van der Waals surface area contributed by atoms with Crippen LogP contribution in [0.1, 0.15) is 29.4 Å². The van der Waals surface area contributed by atoms with Crippen molar-refractivity contribution in [2.75, 3.05) is 39.4 Å². The first kappa shape index (κ1) is 18.8. The molecule has 3 heterocycles. The molecular weight excluding hydrogens is 354 g/mol. The second-order valence-electron chi connectivity index (χ2n) is 6.73. The van der Waals surface area contributed by atoms with E-state index in [1.807, 2.05) is 10.3 Å². The average Bonchev–Trinajstić information content (AvgIpc) is 3.22. The minimum atomic E-state index is -0.609. The van der Waals surface area contributed by atoms with Crippen LogP contribution in [0.25, 0.3) is 0 Å². The first-order chi connectivity index (χ1) is 12.6. The Morgan fingerprint density at radius 3 is 2.69 bits per heavy atom. The Balaban J connectivity index is 1.55. The maximum absolute atomic E-state index is 12.7. The molecule has 0 radical (unpaired) electrons. The molecule has 0 aromatic carbocycles. The predicted octanol–water partition coefficient (Wildman–Crippen LogP) is 0.964. The summed E-state index contributed by atoms with van der Waals surface area (Å²) < 4.78 is 5.30. The van der Waals surface area contributed by atoms with E-state index in [1.54, 1.807) is 24.0 Å². The molecule has 3 amide bonds. The zero-order chi connectivity index (χ0) is 18.5. The van der Waals surface area contributed by atoms with E-state index in [-0.39, 0.29) is 23.6 Å². The maximum atomic E-state index is 12.7. The fraction of sp³-hybridized carbons (Fsp3) is 0.611. The summed E-state index contributed by atoms with van der Waals surface area (Å²) in [5.41, 5.74) is 0. The van der Waals surface area contributed by atoms with Crippen molar-refractivity contribution < 1.29 is 19.1 Å². The molecule has 1 N–H and O–H groups in total. The van der Waals surface area contributed by atoms with E-state index in [2.05, 4.69) is 5.32 Å². The fourth-order valence-electron chi connectivity index (χ4n) is 3.43. The maximum Gasteiger partial charge on any atom is 0.261 e. The van der Waals surface area contributed by atoms with Crippen molar-refractivity contribution in [2.24, 2.45) is 5.92 Å². The third-order valence-electron chi connectivity index (χ3n) is 4.87. The molecule has 2 aliphatic rings. The predicted molar refractivity (Wildman–Crippen MR) is 98.0 cm³/mol. The number of amides is 3. The minimum absolute atomic E-state index is 0.112. The fourth-order valence-corrected chi connectivity index (χ4v) is 4.06. The van der Waals surface area contributed by atoms with Crippen LogP contribution in [0.4, 0.5) is 0 Å². The topological polar surface area (TPSA) is 79.0 Å². The molecule has 7 nitrogen and oxygen atoms in total. The van der Waals surface area contributed by atoms with Crippen LogP contribution in [0.5, 0.6) is 0 Å². The van der Waals surface area contributed by atoms with Gasteiger partial charge in [-0.3, -0.25) is 14.4 Å². The number of nitrogens with zero attached hydrogens (tertiary/aromatic N) is 2. The van der Waals surface area contributed by atoms with E-state index in [9.17, 15) is 14.4 Å². The minimum Gasteiger partial charge on any atom is -0.378 e. The quantitative estimate of drug-likeness (QED) is 0.845. The molecule has 2 aliphatic heterocycles. The lowest BCUT2D eigenvalue weighted by atomic mass is 9.95. The Morgan fingerprint density at radius 1 is 1.23 bits per heavy atom. The molecular formula is C18H25N3O4S. The van der Waals surface area contributed by atoms with Crippen molar-refractivity contribution in [1.82, 2.24) is 15.1 Å². The highest BCUT2D eigenvalue weighted by Gasteiger charge is 2.33. The molecule has 0 unspecified atom stereocenters. The van der Waals surface area contributed by atoms with Crippen LogP contribution in [0.3, 0.4) is 0 Å². The average molecular weight is 379 g/mol. The van der Waals surface area contributed by atoms with Gasteiger partial charge in [0.05, 0.1) is 24.0 Å². The van der Waals surface area contributed by atoms with Gasteiger partial charge in [0.15, 0.2) is 0 Å². The van der Waals surface area contributed by atoms with Gasteiger partial charge in [0.1, 0.15) is 6.04 Å². The number of hydrogen-bond donors (Lipinski definition) is 1. The number of morpholine rings is 1. The van der Waals surface area contributed by atoms with E-state index >= 15 is 0 Å². The smallest absolute Gasteiger partial charge is 0.261 e. The zero-order valence-electron chi connectivity index (χ0n) is 15.0. The number of carbonyl (C=O) groups excluding carboxylic acids is 3. The number of rotatable bonds is 4. The lowest BCUT2D eigenvalue weighted by Crippen LogP contribution is -2.53. The Bertz CT molecular complexity index is 643. The van der Waals surface area contributed by atoms with Crippen LogP contribution in [0, 0.1) is 5.92 Å². The number of piperidine rings is 1. The highest BCUT2D eigenvalue weighted by Crippen LogP contribution is 2.20. The summed E-state index contributed by atoms with van der Waals surface area (Å²) in [5, 5.41) is 4.58. The van der Waals surface area contributed by atoms with Crippen molar-refractivity contribution in [3.63, 3.8) is 0 Å². The summed E-state index contributed by atoms with van der Waals surface area (Å²) in [5.74, 6) is -0.416. The van der Waals surface area contributed by atoms with Gasteiger partial charge in [0.25, 0.3) is 5.91 Å². The molecule has 0 bridgehead atoms. The van der Waals surface area contributed by atoms with Gasteiger partial charge in [0, 0.05) is 26.2 Å². The zero-order valence-corrected chi connectivity index (χ0v) is 15.8. The van der Waals surface area contributed by atoms with Gasteiger partial charge in [0.2, 0.25) is 11.8 Å². The number of carbonyl (C=O) groups is 3. The number of ether oxygens (including phenoxy) is 1. The van der Waals surface area contributed by atoms with E-state index in [4.69, 9.17) is 4.74 Å². The third kappa shape index (κ3) is 4.42. The van der Waals surface area contributed by atoms with Gasteiger partial charge in [-0.2, -0.15) is 0 Å². The van der Waals surface area contributed by atoms with Crippen LogP contribution >= 0.6 is 11.3 Å². The van der Waals surface area contributed by atoms with Crippen LogP contribution < -0.4 is 5.32 Å². The summed E-state index contributed by atoms with van der Waals surface area (Å²) in [4.78, 5) is 41.7. The van der Waals surface area contributed by atoms with E-state index in [0.29, 0.717) is 44.3 Å². The summed E-state index contributed by atoms with van der Waals surface area (Å²) >= 11 is 1.34. The van der Waals surface area contributed by atoms with E-state index < -0.39 is 6.04 Å². The van der Waals surface area contributed by atoms with Gasteiger partial charge >= 0.3 is 0 Å². The first-order valence-electron chi connectivity index (χ1n) is 9.06. The van der Waals surface area contributed by atoms with Crippen LogP contribution in [0.15, 0.2) is 17.5 Å². The SMILES string of the molecule is C[C@H](NC(=O)c1cccs1)C(=O)N1CCC[C@@H](C(=O)N2CCOCC2)C1. The van der Waals surface area contributed by atoms with E-state index in [0.717, 1.165) is 12.8 Å². The molecule has 2 atom stereocenters. The summed E-state index contributed by atoms with van der Waals surface area (Å²) in [6.45, 7) is 5.15. The van der Waals surface area contributed by atoms with Crippen molar-refractivity contribution in [3.8, 4) is 0 Å². The molecule has 8 heteroatoms. The normalized spacial score (nSPS) is 22.0. The largest absolute Gasteiger partial charge is 0.378 e. The highest BCUT2D eigenvalue weighted by molar-refractivity contribution is 7.12. The molecule has 2 saturated heterocycles. The molecule has 0 aliphatic carbocycles. The summed E-state index contributed by atoms with van der Waals surface area (Å²) in [6, 6.07) is 2.93. The number of likely N-dealkylation sites (tertiary alicyclic amines) is 1. The van der Waals surface area contributed by atoms with Gasteiger partial charge in [-0.25, -0.2) is 0 Å². The van der Waals surface area contributed by atoms with Crippen LogP contribution in [-0.2, 0) is 14.3 Å². The van der Waals surface area contributed by atoms with Crippen LogP contribution in [0.2, 0.25) is 0 Å². The molecule has 26 heavy (non-hydrogen) atoms. The number of hydrogen-bond acceptors (Lipinski definition) is 5. The third-order valence-corrected chi connectivity index (χ3v) is 5.74. The Hall–Kier alpha value is -1.93. The molecule has 2 fully saturated rings. The second kappa shape index (κ2) is 8.64.